The molecule has 3 rings (SSSR count). The van der Waals surface area contributed by atoms with Gasteiger partial charge in [0.05, 0.1) is 22.5 Å². The highest BCUT2D eigenvalue weighted by Crippen LogP contribution is 2.26. The highest BCUT2D eigenvalue weighted by atomic mass is 32.2. The predicted molar refractivity (Wildman–Crippen MR) is 76.1 cm³/mol. The van der Waals surface area contributed by atoms with Crippen LogP contribution in [0.5, 0.6) is 0 Å². The first-order chi connectivity index (χ1) is 9.74. The maximum atomic E-state index is 11.9. The van der Waals surface area contributed by atoms with Gasteiger partial charge >= 0.3 is 0 Å². The van der Waals surface area contributed by atoms with Crippen LogP contribution < -0.4 is 0 Å². The van der Waals surface area contributed by atoms with Crippen LogP contribution >= 0.6 is 23.1 Å². The molecular weight excluding hydrogens is 296 g/mol. The molecule has 3 aromatic rings. The molecule has 0 aromatic carbocycles. The quantitative estimate of drug-likeness (QED) is 0.529. The Morgan fingerprint density at radius 1 is 1.40 bits per heavy atom. The van der Waals surface area contributed by atoms with Crippen LogP contribution in [0.1, 0.15) is 15.4 Å². The average molecular weight is 306 g/mol. The van der Waals surface area contributed by atoms with Crippen molar-refractivity contribution < 1.29 is 13.6 Å². The Labute approximate surface area is 123 Å². The van der Waals surface area contributed by atoms with Gasteiger partial charge in [-0.1, -0.05) is 17.8 Å². The zero-order valence-corrected chi connectivity index (χ0v) is 12.2. The number of rotatable bonds is 5. The van der Waals surface area contributed by atoms with Crippen LogP contribution in [0.25, 0.3) is 11.5 Å². The number of hydrogen-bond acceptors (Lipinski definition) is 7. The summed E-state index contributed by atoms with van der Waals surface area (Å²) < 4.78 is 10.7. The molecular formula is C13H10N2O3S2. The van der Waals surface area contributed by atoms with Gasteiger partial charge in [0.25, 0.3) is 11.1 Å². The van der Waals surface area contributed by atoms with E-state index in [4.69, 9.17) is 8.83 Å². The molecule has 0 N–H and O–H groups in total. The minimum absolute atomic E-state index is 0.0595. The van der Waals surface area contributed by atoms with Gasteiger partial charge in [-0.15, -0.1) is 21.5 Å². The van der Waals surface area contributed by atoms with E-state index in [1.165, 1.54) is 23.1 Å². The molecule has 3 aromatic heterocycles. The van der Waals surface area contributed by atoms with Crippen molar-refractivity contribution in [3.8, 4) is 11.5 Å². The molecule has 0 saturated carbocycles. The Balaban J connectivity index is 1.66. The number of thiophene rings is 1. The molecule has 0 aliphatic rings. The Bertz CT molecular complexity index is 716. The van der Waals surface area contributed by atoms with Gasteiger partial charge in [-0.3, -0.25) is 4.79 Å². The molecule has 0 bridgehead atoms. The third-order valence-electron chi connectivity index (χ3n) is 2.62. The molecule has 0 saturated heterocycles. The van der Waals surface area contributed by atoms with Gasteiger partial charge < -0.3 is 8.83 Å². The van der Waals surface area contributed by atoms with E-state index < -0.39 is 0 Å². The van der Waals surface area contributed by atoms with Crippen LogP contribution in [0.4, 0.5) is 0 Å². The van der Waals surface area contributed by atoms with Crippen LogP contribution in [0, 0.1) is 6.92 Å². The summed E-state index contributed by atoms with van der Waals surface area (Å²) in [5.74, 6) is 1.47. The summed E-state index contributed by atoms with van der Waals surface area (Å²) in [5.41, 5.74) is 0.772. The van der Waals surface area contributed by atoms with Crippen molar-refractivity contribution in [3.05, 3.63) is 40.5 Å². The largest absolute Gasteiger partial charge is 0.469 e. The molecule has 7 heteroatoms. The van der Waals surface area contributed by atoms with E-state index >= 15 is 0 Å². The topological polar surface area (TPSA) is 69.1 Å². The number of carbonyl (C=O) groups is 1. The number of thioether (sulfide) groups is 1. The summed E-state index contributed by atoms with van der Waals surface area (Å²) in [7, 11) is 0. The lowest BCUT2D eigenvalue weighted by molar-refractivity contribution is 0.102. The number of ketones is 1. The molecule has 0 radical (unpaired) electrons. The number of Topliss-reactive ketones (excluding diaryl/α,β-unsaturated/α-hetero) is 1. The van der Waals surface area contributed by atoms with E-state index in [2.05, 4.69) is 10.2 Å². The van der Waals surface area contributed by atoms with Gasteiger partial charge in [0.1, 0.15) is 5.76 Å². The normalized spacial score (nSPS) is 10.8. The number of aromatic nitrogens is 2. The maximum Gasteiger partial charge on any atom is 0.277 e. The van der Waals surface area contributed by atoms with Gasteiger partial charge in [-0.25, -0.2) is 0 Å². The lowest BCUT2D eigenvalue weighted by Crippen LogP contribution is -1.98. The van der Waals surface area contributed by atoms with Crippen LogP contribution in [0.3, 0.4) is 0 Å². The lowest BCUT2D eigenvalue weighted by Gasteiger charge is -1.94. The number of hydrogen-bond donors (Lipinski definition) is 0. The Kier molecular flexibility index (Phi) is 3.70. The zero-order chi connectivity index (χ0) is 13.9. The van der Waals surface area contributed by atoms with E-state index in [0.29, 0.717) is 11.1 Å². The van der Waals surface area contributed by atoms with Crippen LogP contribution in [0.15, 0.2) is 43.9 Å². The highest BCUT2D eigenvalue weighted by Gasteiger charge is 2.15. The van der Waals surface area contributed by atoms with Gasteiger partial charge in [-0.05, 0) is 24.4 Å². The molecule has 0 aliphatic heterocycles. The molecule has 20 heavy (non-hydrogen) atoms. The van der Waals surface area contributed by atoms with Crippen molar-refractivity contribution in [2.75, 3.05) is 5.75 Å². The van der Waals surface area contributed by atoms with Gasteiger partial charge in [0.2, 0.25) is 0 Å². The van der Waals surface area contributed by atoms with Crippen molar-refractivity contribution >= 4 is 28.9 Å². The fourth-order valence-corrected chi connectivity index (χ4v) is 3.02. The minimum atomic E-state index is 0.0595. The number of aryl methyl sites for hydroxylation is 1. The average Bonchev–Trinajstić information content (AvgIpc) is 3.17. The van der Waals surface area contributed by atoms with E-state index in [1.54, 1.807) is 12.3 Å². The van der Waals surface area contributed by atoms with Crippen LogP contribution in [-0.2, 0) is 0 Å². The Morgan fingerprint density at radius 2 is 2.30 bits per heavy atom. The fraction of sp³-hybridized carbons (Fsp3) is 0.154. The standard InChI is InChI=1S/C13H10N2O3S2/c1-8-9(4-5-17-8)12-14-15-13(18-12)20-7-10(16)11-3-2-6-19-11/h2-6H,7H2,1H3. The van der Waals surface area contributed by atoms with Crippen LogP contribution in [-0.4, -0.2) is 21.7 Å². The summed E-state index contributed by atoms with van der Waals surface area (Å²) >= 11 is 2.67. The van der Waals surface area contributed by atoms with Crippen molar-refractivity contribution in [1.82, 2.24) is 10.2 Å². The molecule has 0 fully saturated rings. The highest BCUT2D eigenvalue weighted by molar-refractivity contribution is 7.99. The molecule has 102 valence electrons. The van der Waals surface area contributed by atoms with E-state index in [9.17, 15) is 4.79 Å². The molecule has 0 aliphatic carbocycles. The summed E-state index contributed by atoms with van der Waals surface area (Å²) in [4.78, 5) is 12.6. The second-order valence-corrected chi connectivity index (χ2v) is 5.83. The first-order valence-corrected chi connectivity index (χ1v) is 7.68. The molecule has 5 nitrogen and oxygen atoms in total. The summed E-state index contributed by atoms with van der Waals surface area (Å²) in [6.07, 6.45) is 1.57. The SMILES string of the molecule is Cc1occc1-c1nnc(SCC(=O)c2cccs2)o1. The maximum absolute atomic E-state index is 11.9. The van der Waals surface area contributed by atoms with Crippen molar-refractivity contribution in [3.63, 3.8) is 0 Å². The second-order valence-electron chi connectivity index (χ2n) is 3.95. The molecule has 0 spiro atoms. The molecule has 0 atom stereocenters. The summed E-state index contributed by atoms with van der Waals surface area (Å²) in [6, 6.07) is 5.44. The summed E-state index contributed by atoms with van der Waals surface area (Å²) in [6.45, 7) is 1.83. The van der Waals surface area contributed by atoms with E-state index in [0.717, 1.165) is 16.2 Å². The van der Waals surface area contributed by atoms with Crippen molar-refractivity contribution in [2.24, 2.45) is 0 Å². The Hall–Kier alpha value is -1.86. The second kappa shape index (κ2) is 5.64. The minimum Gasteiger partial charge on any atom is -0.469 e. The molecule has 0 unspecified atom stereocenters. The van der Waals surface area contributed by atoms with E-state index in [1.807, 2.05) is 24.4 Å². The molecule has 0 amide bonds. The lowest BCUT2D eigenvalue weighted by atomic mass is 10.3. The first kappa shape index (κ1) is 13.1. The zero-order valence-electron chi connectivity index (χ0n) is 10.5. The summed E-state index contributed by atoms with van der Waals surface area (Å²) in [5, 5.41) is 10.1. The first-order valence-electron chi connectivity index (χ1n) is 5.81. The van der Waals surface area contributed by atoms with Gasteiger partial charge in [-0.2, -0.15) is 0 Å². The van der Waals surface area contributed by atoms with Crippen LogP contribution in [0.2, 0.25) is 0 Å². The number of furan rings is 1. The Morgan fingerprint density at radius 3 is 3.00 bits per heavy atom. The third kappa shape index (κ3) is 2.68. The smallest absolute Gasteiger partial charge is 0.277 e. The van der Waals surface area contributed by atoms with E-state index in [-0.39, 0.29) is 11.5 Å². The molecule has 3 heterocycles. The monoisotopic (exact) mass is 306 g/mol. The van der Waals surface area contributed by atoms with Crippen molar-refractivity contribution in [1.29, 1.82) is 0 Å². The third-order valence-corrected chi connectivity index (χ3v) is 4.35. The van der Waals surface area contributed by atoms with Gasteiger partial charge in [0, 0.05) is 0 Å². The fourth-order valence-electron chi connectivity index (χ4n) is 1.62. The number of carbonyl (C=O) groups excluding carboxylic acids is 1. The van der Waals surface area contributed by atoms with Gasteiger partial charge in [0.15, 0.2) is 5.78 Å². The predicted octanol–water partition coefficient (Wildman–Crippen LogP) is 3.67. The number of nitrogens with zero attached hydrogens (tertiary/aromatic N) is 2. The van der Waals surface area contributed by atoms with Crippen molar-refractivity contribution in [2.45, 2.75) is 12.1 Å².